The van der Waals surface area contributed by atoms with Crippen LogP contribution in [0.15, 0.2) is 29.1 Å². The number of hydrogen-bond donors (Lipinski definition) is 2. The highest BCUT2D eigenvalue weighted by Gasteiger charge is 2.17. The van der Waals surface area contributed by atoms with Crippen LogP contribution in [0.2, 0.25) is 0 Å². The van der Waals surface area contributed by atoms with Crippen molar-refractivity contribution in [3.8, 4) is 0 Å². The summed E-state index contributed by atoms with van der Waals surface area (Å²) < 4.78 is 2.90. The second-order valence-electron chi connectivity index (χ2n) is 7.55. The van der Waals surface area contributed by atoms with Crippen molar-refractivity contribution in [2.75, 3.05) is 11.9 Å². The van der Waals surface area contributed by atoms with Gasteiger partial charge < -0.3 is 10.6 Å². The molecule has 2 aromatic rings. The van der Waals surface area contributed by atoms with E-state index in [2.05, 4.69) is 15.7 Å². The largest absolute Gasteiger partial charge is 0.352 e. The normalized spacial score (nSPS) is 13.7. The van der Waals surface area contributed by atoms with Crippen LogP contribution in [0.1, 0.15) is 49.3 Å². The van der Waals surface area contributed by atoms with Crippen LogP contribution in [0.25, 0.3) is 0 Å². The van der Waals surface area contributed by atoms with Crippen molar-refractivity contribution in [3.05, 3.63) is 46.1 Å². The van der Waals surface area contributed by atoms with Gasteiger partial charge in [-0.25, -0.2) is 9.48 Å². The molecule has 2 heterocycles. The lowest BCUT2D eigenvalue weighted by atomic mass is 10.1. The molecule has 0 bridgehead atoms. The van der Waals surface area contributed by atoms with Crippen molar-refractivity contribution < 1.29 is 9.59 Å². The first kappa shape index (κ1) is 19.9. The third-order valence-corrected chi connectivity index (χ3v) is 4.68. The van der Waals surface area contributed by atoms with Crippen molar-refractivity contribution in [1.29, 1.82) is 0 Å². The van der Waals surface area contributed by atoms with E-state index < -0.39 is 0 Å². The predicted octanol–water partition coefficient (Wildman–Crippen LogP) is 1.80. The van der Waals surface area contributed by atoms with Crippen LogP contribution in [-0.2, 0) is 24.3 Å². The molecule has 0 radical (unpaired) electrons. The monoisotopic (exact) mass is 385 g/mol. The van der Waals surface area contributed by atoms with Gasteiger partial charge in [-0.05, 0) is 43.0 Å². The minimum atomic E-state index is -0.327. The van der Waals surface area contributed by atoms with Crippen LogP contribution in [0, 0.1) is 5.92 Å². The SMILES string of the molecule is CC(C)CNC(=O)c1ccc(NC(=O)Cn2nc3n(c2=O)CCCCC3)cc1. The molecule has 0 unspecified atom stereocenters. The summed E-state index contributed by atoms with van der Waals surface area (Å²) >= 11 is 0. The Morgan fingerprint density at radius 3 is 2.61 bits per heavy atom. The lowest BCUT2D eigenvalue weighted by molar-refractivity contribution is -0.117. The molecule has 0 aliphatic carbocycles. The zero-order valence-electron chi connectivity index (χ0n) is 16.4. The summed E-state index contributed by atoms with van der Waals surface area (Å²) in [6.45, 7) is 5.21. The number of nitrogens with one attached hydrogen (secondary N) is 2. The van der Waals surface area contributed by atoms with Crippen molar-refractivity contribution in [2.24, 2.45) is 5.92 Å². The van der Waals surface area contributed by atoms with Crippen molar-refractivity contribution in [3.63, 3.8) is 0 Å². The van der Waals surface area contributed by atoms with E-state index in [0.717, 1.165) is 31.5 Å². The predicted molar refractivity (Wildman–Crippen MR) is 106 cm³/mol. The number of carbonyl (C=O) groups excluding carboxylic acids is 2. The van der Waals surface area contributed by atoms with E-state index in [0.29, 0.717) is 30.3 Å². The summed E-state index contributed by atoms with van der Waals surface area (Å²) in [7, 11) is 0. The van der Waals surface area contributed by atoms with Crippen LogP contribution >= 0.6 is 0 Å². The molecule has 0 fully saturated rings. The Balaban J connectivity index is 1.59. The maximum atomic E-state index is 12.4. The van der Waals surface area contributed by atoms with Gasteiger partial charge in [0.05, 0.1) is 0 Å². The van der Waals surface area contributed by atoms with Crippen LogP contribution < -0.4 is 16.3 Å². The molecule has 0 saturated carbocycles. The minimum Gasteiger partial charge on any atom is -0.352 e. The third-order valence-electron chi connectivity index (χ3n) is 4.68. The molecule has 150 valence electrons. The minimum absolute atomic E-state index is 0.130. The van der Waals surface area contributed by atoms with E-state index in [1.807, 2.05) is 13.8 Å². The Morgan fingerprint density at radius 1 is 1.14 bits per heavy atom. The number of hydrogen-bond acceptors (Lipinski definition) is 4. The van der Waals surface area contributed by atoms with Crippen molar-refractivity contribution >= 4 is 17.5 Å². The van der Waals surface area contributed by atoms with Crippen LogP contribution in [0.5, 0.6) is 0 Å². The van der Waals surface area contributed by atoms with Crippen molar-refractivity contribution in [1.82, 2.24) is 19.7 Å². The number of carbonyl (C=O) groups is 2. The lowest BCUT2D eigenvalue weighted by Crippen LogP contribution is -2.30. The molecule has 8 heteroatoms. The van der Waals surface area contributed by atoms with Gasteiger partial charge in [-0.2, -0.15) is 5.10 Å². The van der Waals surface area contributed by atoms with Gasteiger partial charge in [-0.1, -0.05) is 20.3 Å². The average Bonchev–Trinajstić information content (AvgIpc) is 2.83. The summed E-state index contributed by atoms with van der Waals surface area (Å²) in [4.78, 5) is 36.8. The summed E-state index contributed by atoms with van der Waals surface area (Å²) in [6.07, 6.45) is 3.83. The average molecular weight is 385 g/mol. The van der Waals surface area contributed by atoms with E-state index in [1.54, 1.807) is 28.8 Å². The molecule has 0 spiro atoms. The number of amides is 2. The Labute approximate surface area is 163 Å². The maximum Gasteiger partial charge on any atom is 0.346 e. The van der Waals surface area contributed by atoms with Gasteiger partial charge in [0, 0.05) is 30.8 Å². The highest BCUT2D eigenvalue weighted by atomic mass is 16.2. The Hall–Kier alpha value is -2.90. The van der Waals surface area contributed by atoms with Gasteiger partial charge in [0.1, 0.15) is 12.4 Å². The fourth-order valence-corrected chi connectivity index (χ4v) is 3.17. The molecule has 1 aliphatic heterocycles. The number of nitrogens with zero attached hydrogens (tertiary/aromatic N) is 3. The fraction of sp³-hybridized carbons (Fsp3) is 0.500. The van der Waals surface area contributed by atoms with Crippen LogP contribution in [-0.4, -0.2) is 32.7 Å². The van der Waals surface area contributed by atoms with E-state index in [-0.39, 0.29) is 24.0 Å². The van der Waals surface area contributed by atoms with Crippen LogP contribution in [0.4, 0.5) is 5.69 Å². The second-order valence-corrected chi connectivity index (χ2v) is 7.55. The molecule has 0 atom stereocenters. The maximum absolute atomic E-state index is 12.4. The molecule has 2 N–H and O–H groups in total. The Bertz CT molecular complexity index is 896. The number of aryl methyl sites for hydroxylation is 1. The topological polar surface area (TPSA) is 98.0 Å². The molecule has 3 rings (SSSR count). The van der Waals surface area contributed by atoms with Gasteiger partial charge in [-0.3, -0.25) is 14.2 Å². The molecule has 1 aromatic carbocycles. The molecule has 28 heavy (non-hydrogen) atoms. The highest BCUT2D eigenvalue weighted by molar-refractivity contribution is 5.95. The number of fused-ring (bicyclic) bond motifs is 1. The summed E-state index contributed by atoms with van der Waals surface area (Å²) in [5.74, 6) is 0.668. The van der Waals surface area contributed by atoms with E-state index in [1.165, 1.54) is 4.68 Å². The smallest absolute Gasteiger partial charge is 0.346 e. The van der Waals surface area contributed by atoms with Crippen molar-refractivity contribution in [2.45, 2.75) is 52.6 Å². The summed E-state index contributed by atoms with van der Waals surface area (Å²) in [5.41, 5.74) is 0.871. The molecular formula is C20H27N5O3. The van der Waals surface area contributed by atoms with E-state index in [4.69, 9.17) is 0 Å². The van der Waals surface area contributed by atoms with E-state index >= 15 is 0 Å². The second kappa shape index (κ2) is 8.86. The molecule has 8 nitrogen and oxygen atoms in total. The standard InChI is InChI=1S/C20H27N5O3/c1-14(2)12-21-19(27)15-7-9-16(10-8-15)22-18(26)13-25-20(28)24-11-5-3-4-6-17(24)23-25/h7-10,14H,3-6,11-13H2,1-2H3,(H,21,27)(H,22,26). The van der Waals surface area contributed by atoms with Gasteiger partial charge in [0.2, 0.25) is 5.91 Å². The molecular weight excluding hydrogens is 358 g/mol. The van der Waals surface area contributed by atoms with Gasteiger partial charge in [-0.15, -0.1) is 0 Å². The number of aromatic nitrogens is 3. The number of rotatable bonds is 6. The first-order valence-corrected chi connectivity index (χ1v) is 9.78. The van der Waals surface area contributed by atoms with Gasteiger partial charge in [0.25, 0.3) is 5.91 Å². The Kier molecular flexibility index (Phi) is 6.28. The summed E-state index contributed by atoms with van der Waals surface area (Å²) in [6, 6.07) is 6.67. The fourth-order valence-electron chi connectivity index (χ4n) is 3.17. The third kappa shape index (κ3) is 4.88. The quantitative estimate of drug-likeness (QED) is 0.792. The Morgan fingerprint density at radius 2 is 1.89 bits per heavy atom. The molecule has 1 aromatic heterocycles. The zero-order chi connectivity index (χ0) is 20.1. The number of anilines is 1. The van der Waals surface area contributed by atoms with Gasteiger partial charge >= 0.3 is 5.69 Å². The first-order chi connectivity index (χ1) is 13.4. The molecule has 0 saturated heterocycles. The molecule has 2 amide bonds. The first-order valence-electron chi connectivity index (χ1n) is 9.78. The van der Waals surface area contributed by atoms with Crippen LogP contribution in [0.3, 0.4) is 0 Å². The zero-order valence-corrected chi connectivity index (χ0v) is 16.4. The lowest BCUT2D eigenvalue weighted by Gasteiger charge is -2.09. The molecule has 1 aliphatic rings. The summed E-state index contributed by atoms with van der Waals surface area (Å²) in [5, 5.41) is 9.92. The van der Waals surface area contributed by atoms with E-state index in [9.17, 15) is 14.4 Å². The number of benzene rings is 1. The highest BCUT2D eigenvalue weighted by Crippen LogP contribution is 2.11. The van der Waals surface area contributed by atoms with Gasteiger partial charge in [0.15, 0.2) is 0 Å².